The van der Waals surface area contributed by atoms with Gasteiger partial charge in [0.05, 0.1) is 0 Å². The summed E-state index contributed by atoms with van der Waals surface area (Å²) in [4.78, 5) is 15.5. The number of nitrogens with one attached hydrogen (secondary N) is 1. The average molecular weight is 319 g/mol. The van der Waals surface area contributed by atoms with Crippen LogP contribution < -0.4 is 5.69 Å². The van der Waals surface area contributed by atoms with Crippen LogP contribution in [0.15, 0.2) is 22.2 Å². The van der Waals surface area contributed by atoms with Crippen molar-refractivity contribution >= 4 is 35.0 Å². The number of thioether (sulfide) groups is 1. The number of nitrogens with zero attached hydrogens (tertiary/aromatic N) is 3. The van der Waals surface area contributed by atoms with Crippen molar-refractivity contribution in [1.82, 2.24) is 19.7 Å². The third-order valence-electron chi connectivity index (χ3n) is 2.42. The molecule has 0 aliphatic rings. The van der Waals surface area contributed by atoms with Gasteiger partial charge >= 0.3 is 5.69 Å². The number of hydrogen-bond donors (Lipinski definition) is 1. The predicted molar refractivity (Wildman–Crippen MR) is 77.0 cm³/mol. The van der Waals surface area contributed by atoms with Gasteiger partial charge in [-0.25, -0.2) is 14.9 Å². The van der Waals surface area contributed by atoms with Crippen LogP contribution >= 0.6 is 35.0 Å². The second-order valence-corrected chi connectivity index (χ2v) is 5.59. The smallest absolute Gasteiger partial charge is 0.270 e. The molecule has 0 fully saturated rings. The number of pyridine rings is 1. The summed E-state index contributed by atoms with van der Waals surface area (Å²) >= 11 is 13.2. The normalized spacial score (nSPS) is 10.9. The second-order valence-electron chi connectivity index (χ2n) is 3.85. The van der Waals surface area contributed by atoms with Crippen LogP contribution in [0.4, 0.5) is 0 Å². The molecule has 0 unspecified atom stereocenters. The predicted octanol–water partition coefficient (Wildman–Crippen LogP) is 2.98. The van der Waals surface area contributed by atoms with Gasteiger partial charge in [0.2, 0.25) is 0 Å². The first-order valence-corrected chi connectivity index (χ1v) is 7.44. The average Bonchev–Trinajstić information content (AvgIpc) is 2.71. The molecule has 0 radical (unpaired) electrons. The Bertz CT molecular complexity index is 625. The Hall–Kier alpha value is -0.980. The van der Waals surface area contributed by atoms with Gasteiger partial charge in [-0.15, -0.1) is 5.10 Å². The molecular weight excluding hydrogens is 307 g/mol. The zero-order chi connectivity index (χ0) is 13.8. The molecule has 0 amide bonds. The highest BCUT2D eigenvalue weighted by molar-refractivity contribution is 7.98. The summed E-state index contributed by atoms with van der Waals surface area (Å²) < 4.78 is 1.61. The highest BCUT2D eigenvalue weighted by Crippen LogP contribution is 2.25. The highest BCUT2D eigenvalue weighted by atomic mass is 35.5. The molecular formula is C11H12Cl2N4OS. The van der Waals surface area contributed by atoms with E-state index < -0.39 is 0 Å². The molecule has 0 aromatic carbocycles. The van der Waals surface area contributed by atoms with Crippen LogP contribution in [0.25, 0.3) is 0 Å². The van der Waals surface area contributed by atoms with Crippen molar-refractivity contribution in [3.63, 3.8) is 0 Å². The van der Waals surface area contributed by atoms with E-state index in [0.717, 1.165) is 12.0 Å². The van der Waals surface area contributed by atoms with Crippen LogP contribution in [0.3, 0.4) is 0 Å². The van der Waals surface area contributed by atoms with Gasteiger partial charge in [-0.05, 0) is 18.1 Å². The van der Waals surface area contributed by atoms with Crippen LogP contribution in [0.1, 0.15) is 18.9 Å². The minimum absolute atomic E-state index is 0.190. The van der Waals surface area contributed by atoms with E-state index in [4.69, 9.17) is 23.2 Å². The molecule has 19 heavy (non-hydrogen) atoms. The summed E-state index contributed by atoms with van der Waals surface area (Å²) in [7, 11) is 0. The molecule has 0 aliphatic carbocycles. The first-order valence-electron chi connectivity index (χ1n) is 5.69. The maximum absolute atomic E-state index is 11.5. The number of aromatic amines is 1. The Morgan fingerprint density at radius 3 is 2.95 bits per heavy atom. The molecule has 2 aromatic rings. The zero-order valence-electron chi connectivity index (χ0n) is 10.2. The van der Waals surface area contributed by atoms with Crippen molar-refractivity contribution in [2.45, 2.75) is 30.8 Å². The van der Waals surface area contributed by atoms with E-state index in [1.165, 1.54) is 11.8 Å². The van der Waals surface area contributed by atoms with E-state index in [9.17, 15) is 4.79 Å². The van der Waals surface area contributed by atoms with Crippen LogP contribution in [0.2, 0.25) is 10.2 Å². The topological polar surface area (TPSA) is 63.6 Å². The molecule has 2 rings (SSSR count). The standard InChI is InChI=1S/C11H12Cl2N4OS/c1-2-3-17-10(18)15-16-11(17)19-6-7-5-14-9(13)4-8(7)12/h4-5H,2-3,6H2,1H3,(H,15,18). The lowest BCUT2D eigenvalue weighted by molar-refractivity contribution is 0.604. The molecule has 0 spiro atoms. The lowest BCUT2D eigenvalue weighted by Gasteiger charge is -2.05. The molecule has 2 heterocycles. The summed E-state index contributed by atoms with van der Waals surface area (Å²) in [5, 5.41) is 8.02. The van der Waals surface area contributed by atoms with Crippen molar-refractivity contribution in [2.75, 3.05) is 0 Å². The number of halogens is 2. The summed E-state index contributed by atoms with van der Waals surface area (Å²) in [6.07, 6.45) is 2.50. The second kappa shape index (κ2) is 6.45. The fourth-order valence-electron chi connectivity index (χ4n) is 1.52. The van der Waals surface area contributed by atoms with Crippen molar-refractivity contribution in [1.29, 1.82) is 0 Å². The molecule has 0 atom stereocenters. The Kier molecular flexibility index (Phi) is 4.90. The van der Waals surface area contributed by atoms with Gasteiger partial charge in [0.25, 0.3) is 0 Å². The van der Waals surface area contributed by atoms with E-state index in [-0.39, 0.29) is 5.69 Å². The molecule has 0 bridgehead atoms. The van der Waals surface area contributed by atoms with Gasteiger partial charge in [0.1, 0.15) is 5.15 Å². The minimum Gasteiger partial charge on any atom is -0.270 e. The summed E-state index contributed by atoms with van der Waals surface area (Å²) in [5.41, 5.74) is 0.666. The Balaban J connectivity index is 2.12. The maximum Gasteiger partial charge on any atom is 0.343 e. The number of hydrogen-bond acceptors (Lipinski definition) is 4. The fraction of sp³-hybridized carbons (Fsp3) is 0.364. The summed E-state index contributed by atoms with van der Waals surface area (Å²) in [5.74, 6) is 0.580. The van der Waals surface area contributed by atoms with Gasteiger partial charge in [-0.2, -0.15) is 0 Å². The van der Waals surface area contributed by atoms with Crippen LogP contribution in [0.5, 0.6) is 0 Å². The van der Waals surface area contributed by atoms with Gasteiger partial charge < -0.3 is 0 Å². The SMILES string of the molecule is CCCn1c(SCc2cnc(Cl)cc2Cl)n[nH]c1=O. The van der Waals surface area contributed by atoms with Crippen molar-refractivity contribution in [3.05, 3.63) is 38.5 Å². The van der Waals surface area contributed by atoms with E-state index in [1.54, 1.807) is 16.8 Å². The highest BCUT2D eigenvalue weighted by Gasteiger charge is 2.10. The third kappa shape index (κ3) is 3.52. The van der Waals surface area contributed by atoms with Gasteiger partial charge in [0, 0.05) is 23.5 Å². The molecule has 0 saturated carbocycles. The Morgan fingerprint density at radius 2 is 2.26 bits per heavy atom. The lowest BCUT2D eigenvalue weighted by atomic mass is 10.3. The van der Waals surface area contributed by atoms with Crippen molar-refractivity contribution in [2.24, 2.45) is 0 Å². The van der Waals surface area contributed by atoms with Gasteiger partial charge in [-0.1, -0.05) is 41.9 Å². The molecule has 8 heteroatoms. The number of rotatable bonds is 5. The monoisotopic (exact) mass is 318 g/mol. The minimum atomic E-state index is -0.190. The van der Waals surface area contributed by atoms with Crippen LogP contribution in [0, 0.1) is 0 Å². The molecule has 5 nitrogen and oxygen atoms in total. The number of H-pyrrole nitrogens is 1. The van der Waals surface area contributed by atoms with Crippen molar-refractivity contribution < 1.29 is 0 Å². The first-order chi connectivity index (χ1) is 9.11. The Labute approximate surface area is 124 Å². The fourth-order valence-corrected chi connectivity index (χ4v) is 2.99. The van der Waals surface area contributed by atoms with E-state index >= 15 is 0 Å². The van der Waals surface area contributed by atoms with E-state index in [1.807, 2.05) is 6.92 Å². The lowest BCUT2D eigenvalue weighted by Crippen LogP contribution is -2.17. The van der Waals surface area contributed by atoms with Gasteiger partial charge in [-0.3, -0.25) is 4.57 Å². The van der Waals surface area contributed by atoms with Gasteiger partial charge in [0.15, 0.2) is 5.16 Å². The van der Waals surface area contributed by atoms with Crippen molar-refractivity contribution in [3.8, 4) is 0 Å². The quantitative estimate of drug-likeness (QED) is 0.680. The summed E-state index contributed by atoms with van der Waals surface area (Å²) in [6, 6.07) is 1.60. The number of aromatic nitrogens is 4. The molecule has 0 saturated heterocycles. The maximum atomic E-state index is 11.5. The van der Waals surface area contributed by atoms with E-state index in [2.05, 4.69) is 15.2 Å². The molecule has 102 valence electrons. The van der Waals surface area contributed by atoms with Crippen LogP contribution in [-0.4, -0.2) is 19.7 Å². The third-order valence-corrected chi connectivity index (χ3v) is 4.01. The zero-order valence-corrected chi connectivity index (χ0v) is 12.5. The largest absolute Gasteiger partial charge is 0.343 e. The Morgan fingerprint density at radius 1 is 1.47 bits per heavy atom. The molecule has 1 N–H and O–H groups in total. The first kappa shape index (κ1) is 14.4. The summed E-state index contributed by atoms with van der Waals surface area (Å²) in [6.45, 7) is 2.65. The van der Waals surface area contributed by atoms with Crippen LogP contribution in [-0.2, 0) is 12.3 Å². The molecule has 2 aromatic heterocycles. The molecule has 0 aliphatic heterocycles. The van der Waals surface area contributed by atoms with E-state index in [0.29, 0.717) is 27.6 Å².